The summed E-state index contributed by atoms with van der Waals surface area (Å²) < 4.78 is 0.974. The number of nitrogens with two attached hydrogens (primary N) is 1. The van der Waals surface area contributed by atoms with Crippen LogP contribution in [-0.2, 0) is 6.42 Å². The van der Waals surface area contributed by atoms with Crippen molar-refractivity contribution < 1.29 is 4.92 Å². The lowest BCUT2D eigenvalue weighted by Gasteiger charge is -2.12. The molecule has 0 atom stereocenters. The quantitative estimate of drug-likeness (QED) is 0.497. The maximum absolute atomic E-state index is 11.1. The predicted molar refractivity (Wildman–Crippen MR) is 84.3 cm³/mol. The van der Waals surface area contributed by atoms with Crippen LogP contribution in [0.4, 0.5) is 22.7 Å². The van der Waals surface area contributed by atoms with E-state index in [1.807, 2.05) is 25.1 Å². The minimum absolute atomic E-state index is 0.0996. The van der Waals surface area contributed by atoms with Crippen molar-refractivity contribution in [3.05, 3.63) is 56.5 Å². The van der Waals surface area contributed by atoms with Crippen molar-refractivity contribution in [1.82, 2.24) is 0 Å². The van der Waals surface area contributed by atoms with E-state index in [0.29, 0.717) is 5.69 Å². The number of para-hydroxylation sites is 1. The second kappa shape index (κ2) is 5.92. The van der Waals surface area contributed by atoms with E-state index in [0.717, 1.165) is 22.1 Å². The van der Waals surface area contributed by atoms with E-state index in [1.165, 1.54) is 6.07 Å². The molecule has 3 N–H and O–H groups in total. The van der Waals surface area contributed by atoms with Crippen molar-refractivity contribution >= 4 is 38.7 Å². The van der Waals surface area contributed by atoms with Gasteiger partial charge in [-0.15, -0.1) is 0 Å². The number of nitrogens with zero attached hydrogens (tertiary/aromatic N) is 1. The normalized spacial score (nSPS) is 10.3. The standard InChI is InChI=1S/C14H14BrN3O2/c1-2-9-8-10(15)6-7-12(9)17-13-5-3-4-11(16)14(13)18(19)20/h3-8,17H,2,16H2,1H3. The van der Waals surface area contributed by atoms with Gasteiger partial charge in [-0.1, -0.05) is 28.9 Å². The Bertz CT molecular complexity index is 659. The molecule has 0 bridgehead atoms. The maximum Gasteiger partial charge on any atom is 0.315 e. The van der Waals surface area contributed by atoms with Crippen molar-refractivity contribution in [3.63, 3.8) is 0 Å². The summed E-state index contributed by atoms with van der Waals surface area (Å²) in [5, 5.41) is 14.2. The van der Waals surface area contributed by atoms with Gasteiger partial charge in [0, 0.05) is 10.2 Å². The molecule has 20 heavy (non-hydrogen) atoms. The predicted octanol–water partition coefficient (Wildman–Crippen LogP) is 4.25. The number of nitrogen functional groups attached to an aromatic ring is 1. The number of rotatable bonds is 4. The van der Waals surface area contributed by atoms with Gasteiger partial charge in [-0.3, -0.25) is 10.1 Å². The average Bonchev–Trinajstić information content (AvgIpc) is 2.40. The van der Waals surface area contributed by atoms with Gasteiger partial charge in [0.2, 0.25) is 0 Å². The van der Waals surface area contributed by atoms with Crippen LogP contribution in [0, 0.1) is 10.1 Å². The molecule has 2 rings (SSSR count). The van der Waals surface area contributed by atoms with Crippen molar-refractivity contribution in [1.29, 1.82) is 0 Å². The van der Waals surface area contributed by atoms with Gasteiger partial charge in [-0.25, -0.2) is 0 Å². The molecule has 0 unspecified atom stereocenters. The van der Waals surface area contributed by atoms with Gasteiger partial charge < -0.3 is 11.1 Å². The van der Waals surface area contributed by atoms with Crippen LogP contribution in [0.25, 0.3) is 0 Å². The molecule has 0 radical (unpaired) electrons. The lowest BCUT2D eigenvalue weighted by Crippen LogP contribution is -2.02. The van der Waals surface area contributed by atoms with Gasteiger partial charge in [-0.2, -0.15) is 0 Å². The Morgan fingerprint density at radius 3 is 2.70 bits per heavy atom. The summed E-state index contributed by atoms with van der Waals surface area (Å²) >= 11 is 3.42. The Hall–Kier alpha value is -2.08. The lowest BCUT2D eigenvalue weighted by atomic mass is 10.1. The van der Waals surface area contributed by atoms with Crippen molar-refractivity contribution in [2.24, 2.45) is 0 Å². The first-order valence-corrected chi connectivity index (χ1v) is 6.90. The van der Waals surface area contributed by atoms with E-state index in [2.05, 4.69) is 21.2 Å². The molecule has 6 heteroatoms. The molecule has 0 saturated heterocycles. The number of nitrogens with one attached hydrogen (secondary N) is 1. The molecule has 0 spiro atoms. The van der Waals surface area contributed by atoms with Crippen molar-refractivity contribution in [2.75, 3.05) is 11.1 Å². The number of halogens is 1. The molecule has 2 aromatic rings. The van der Waals surface area contributed by atoms with Crippen LogP contribution < -0.4 is 11.1 Å². The van der Waals surface area contributed by atoms with Crippen LogP contribution >= 0.6 is 15.9 Å². The molecule has 0 aromatic heterocycles. The number of nitro groups is 1. The van der Waals surface area contributed by atoms with Gasteiger partial charge in [0.1, 0.15) is 11.4 Å². The van der Waals surface area contributed by atoms with E-state index in [9.17, 15) is 10.1 Å². The highest BCUT2D eigenvalue weighted by Gasteiger charge is 2.18. The molecule has 2 aromatic carbocycles. The number of benzene rings is 2. The second-order valence-electron chi connectivity index (χ2n) is 4.28. The van der Waals surface area contributed by atoms with Crippen LogP contribution in [0.5, 0.6) is 0 Å². The Balaban J connectivity index is 2.45. The molecular formula is C14H14BrN3O2. The van der Waals surface area contributed by atoms with E-state index >= 15 is 0 Å². The molecule has 0 heterocycles. The fraction of sp³-hybridized carbons (Fsp3) is 0.143. The van der Waals surface area contributed by atoms with Gasteiger partial charge in [0.25, 0.3) is 0 Å². The van der Waals surface area contributed by atoms with E-state index in [4.69, 9.17) is 5.73 Å². The average molecular weight is 336 g/mol. The smallest absolute Gasteiger partial charge is 0.315 e. The van der Waals surface area contributed by atoms with Gasteiger partial charge in [-0.05, 0) is 42.3 Å². The van der Waals surface area contributed by atoms with Crippen molar-refractivity contribution in [3.8, 4) is 0 Å². The summed E-state index contributed by atoms with van der Waals surface area (Å²) in [4.78, 5) is 10.6. The number of aryl methyl sites for hydroxylation is 1. The lowest BCUT2D eigenvalue weighted by molar-refractivity contribution is -0.383. The van der Waals surface area contributed by atoms with E-state index in [-0.39, 0.29) is 11.4 Å². The zero-order valence-corrected chi connectivity index (χ0v) is 12.5. The first-order chi connectivity index (χ1) is 9.52. The summed E-state index contributed by atoms with van der Waals surface area (Å²) in [6.07, 6.45) is 0.817. The van der Waals surface area contributed by atoms with E-state index in [1.54, 1.807) is 12.1 Å². The number of nitro benzene ring substituents is 1. The van der Waals surface area contributed by atoms with Gasteiger partial charge >= 0.3 is 5.69 Å². The molecule has 0 aliphatic carbocycles. The number of hydrogen-bond donors (Lipinski definition) is 2. The van der Waals surface area contributed by atoms with Gasteiger partial charge in [0.05, 0.1) is 4.92 Å². The second-order valence-corrected chi connectivity index (χ2v) is 5.20. The van der Waals surface area contributed by atoms with Crippen LogP contribution in [0.2, 0.25) is 0 Å². The summed E-state index contributed by atoms with van der Waals surface area (Å²) in [7, 11) is 0. The molecule has 104 valence electrons. The molecule has 5 nitrogen and oxygen atoms in total. The highest BCUT2D eigenvalue weighted by Crippen LogP contribution is 2.34. The number of anilines is 3. The monoisotopic (exact) mass is 335 g/mol. The summed E-state index contributed by atoms with van der Waals surface area (Å²) in [6, 6.07) is 10.6. The minimum Gasteiger partial charge on any atom is -0.393 e. The Labute approximate surface area is 125 Å². The molecular weight excluding hydrogens is 322 g/mol. The third-order valence-corrected chi connectivity index (χ3v) is 3.46. The van der Waals surface area contributed by atoms with Crippen LogP contribution in [0.1, 0.15) is 12.5 Å². The minimum atomic E-state index is -0.470. The SMILES string of the molecule is CCc1cc(Br)ccc1Nc1cccc(N)c1[N+](=O)[O-]. The topological polar surface area (TPSA) is 81.2 Å². The third kappa shape index (κ3) is 2.91. The first-order valence-electron chi connectivity index (χ1n) is 6.11. The molecule has 0 aliphatic heterocycles. The van der Waals surface area contributed by atoms with Gasteiger partial charge in [0.15, 0.2) is 0 Å². The Morgan fingerprint density at radius 2 is 2.05 bits per heavy atom. The fourth-order valence-corrected chi connectivity index (χ4v) is 2.40. The van der Waals surface area contributed by atoms with Crippen LogP contribution in [-0.4, -0.2) is 4.92 Å². The molecule has 0 aliphatic rings. The number of hydrogen-bond acceptors (Lipinski definition) is 4. The highest BCUT2D eigenvalue weighted by molar-refractivity contribution is 9.10. The summed E-state index contributed by atoms with van der Waals surface area (Å²) in [5.74, 6) is 0. The Morgan fingerprint density at radius 1 is 1.30 bits per heavy atom. The summed E-state index contributed by atoms with van der Waals surface area (Å²) in [6.45, 7) is 2.03. The molecule has 0 fully saturated rings. The first kappa shape index (κ1) is 14.3. The maximum atomic E-state index is 11.1. The van der Waals surface area contributed by atoms with Crippen LogP contribution in [0.3, 0.4) is 0 Å². The zero-order valence-electron chi connectivity index (χ0n) is 10.9. The molecule has 0 saturated carbocycles. The highest BCUT2D eigenvalue weighted by atomic mass is 79.9. The van der Waals surface area contributed by atoms with Crippen molar-refractivity contribution in [2.45, 2.75) is 13.3 Å². The summed E-state index contributed by atoms with van der Waals surface area (Å²) in [5.41, 5.74) is 8.03. The third-order valence-electron chi connectivity index (χ3n) is 2.97. The zero-order chi connectivity index (χ0) is 14.7. The van der Waals surface area contributed by atoms with E-state index < -0.39 is 4.92 Å². The largest absolute Gasteiger partial charge is 0.393 e. The fourth-order valence-electron chi connectivity index (χ4n) is 1.99. The Kier molecular flexibility index (Phi) is 4.24. The molecule has 0 amide bonds. The van der Waals surface area contributed by atoms with Crippen LogP contribution in [0.15, 0.2) is 40.9 Å².